The van der Waals surface area contributed by atoms with Crippen molar-refractivity contribution in [3.63, 3.8) is 0 Å². The molecule has 27 heavy (non-hydrogen) atoms. The molecule has 4 aromatic heterocycles. The highest BCUT2D eigenvalue weighted by atomic mass is 15.3. The maximum Gasteiger partial charge on any atom is 0.165 e. The molecule has 1 saturated heterocycles. The molecule has 10 heteroatoms. The molecule has 0 unspecified atom stereocenters. The van der Waals surface area contributed by atoms with E-state index >= 15 is 0 Å². The van der Waals surface area contributed by atoms with Crippen LogP contribution in [0.5, 0.6) is 0 Å². The third-order valence-electron chi connectivity index (χ3n) is 5.08. The molecule has 5 heterocycles. The van der Waals surface area contributed by atoms with Crippen molar-refractivity contribution in [1.29, 1.82) is 0 Å². The van der Waals surface area contributed by atoms with E-state index < -0.39 is 0 Å². The van der Waals surface area contributed by atoms with Gasteiger partial charge in [-0.1, -0.05) is 0 Å². The van der Waals surface area contributed by atoms with Crippen LogP contribution in [0.25, 0.3) is 22.3 Å². The van der Waals surface area contributed by atoms with Crippen molar-refractivity contribution in [2.24, 2.45) is 7.05 Å². The molecule has 0 N–H and O–H groups in total. The molecule has 1 aliphatic rings. The van der Waals surface area contributed by atoms with Crippen molar-refractivity contribution < 1.29 is 0 Å². The lowest BCUT2D eigenvalue weighted by Crippen LogP contribution is -2.47. The molecule has 1 aliphatic heterocycles. The van der Waals surface area contributed by atoms with Crippen molar-refractivity contribution in [3.8, 4) is 0 Å². The van der Waals surface area contributed by atoms with Gasteiger partial charge in [0.1, 0.15) is 12.7 Å². The minimum Gasteiger partial charge on any atom is -0.351 e. The van der Waals surface area contributed by atoms with E-state index in [1.54, 1.807) is 19.0 Å². The van der Waals surface area contributed by atoms with Gasteiger partial charge in [0.2, 0.25) is 0 Å². The Morgan fingerprint density at radius 3 is 1.93 bits per heavy atom. The second kappa shape index (κ2) is 6.15. The number of hydrogen-bond donors (Lipinski definition) is 0. The number of imidazole rings is 2. The minimum absolute atomic E-state index is 0.836. The Morgan fingerprint density at radius 2 is 1.30 bits per heavy atom. The van der Waals surface area contributed by atoms with E-state index in [0.29, 0.717) is 0 Å². The molecule has 0 saturated carbocycles. The number of aromatic nitrogens is 8. The third-order valence-corrected chi connectivity index (χ3v) is 5.08. The summed E-state index contributed by atoms with van der Waals surface area (Å²) in [6.45, 7) is 6.27. The standard InChI is InChI=1S/C17H20N10/c1-3-25-11-23-13-15(25)19-9-21-17(13)27-6-4-26(5-7-27)16-12-14(18-8-20-16)24(2)10-22-12/h8-11H,3-7H2,1-2H3. The molecule has 10 nitrogen and oxygen atoms in total. The number of rotatable bonds is 3. The molecule has 5 rings (SSSR count). The monoisotopic (exact) mass is 364 g/mol. The normalized spacial score (nSPS) is 15.2. The van der Waals surface area contributed by atoms with Crippen LogP contribution in [0.3, 0.4) is 0 Å². The Hall–Kier alpha value is -3.30. The average molecular weight is 364 g/mol. The summed E-state index contributed by atoms with van der Waals surface area (Å²) in [7, 11) is 1.94. The molecule has 0 aromatic carbocycles. The van der Waals surface area contributed by atoms with E-state index in [1.165, 1.54) is 0 Å². The van der Waals surface area contributed by atoms with Gasteiger partial charge in [-0.2, -0.15) is 0 Å². The molecule has 0 radical (unpaired) electrons. The largest absolute Gasteiger partial charge is 0.351 e. The Morgan fingerprint density at radius 1 is 0.741 bits per heavy atom. The zero-order chi connectivity index (χ0) is 18.4. The number of anilines is 2. The summed E-state index contributed by atoms with van der Waals surface area (Å²) < 4.78 is 3.95. The highest BCUT2D eigenvalue weighted by Crippen LogP contribution is 2.26. The van der Waals surface area contributed by atoms with E-state index in [4.69, 9.17) is 0 Å². The van der Waals surface area contributed by atoms with Crippen molar-refractivity contribution in [3.05, 3.63) is 25.3 Å². The molecule has 0 amide bonds. The van der Waals surface area contributed by atoms with Gasteiger partial charge in [-0.15, -0.1) is 0 Å². The van der Waals surface area contributed by atoms with Crippen LogP contribution in [-0.4, -0.2) is 65.2 Å². The van der Waals surface area contributed by atoms with Crippen LogP contribution in [0.2, 0.25) is 0 Å². The summed E-state index contributed by atoms with van der Waals surface area (Å²) in [5.41, 5.74) is 3.45. The first kappa shape index (κ1) is 15.9. The van der Waals surface area contributed by atoms with Gasteiger partial charge >= 0.3 is 0 Å². The lowest BCUT2D eigenvalue weighted by molar-refractivity contribution is 0.643. The molecular formula is C17H20N10. The van der Waals surface area contributed by atoms with Gasteiger partial charge in [0.05, 0.1) is 12.7 Å². The molecule has 138 valence electrons. The molecule has 1 fully saturated rings. The van der Waals surface area contributed by atoms with Gasteiger partial charge in [0.25, 0.3) is 0 Å². The number of piperazine rings is 1. The maximum atomic E-state index is 4.53. The molecule has 0 spiro atoms. The van der Waals surface area contributed by atoms with Crippen LogP contribution in [0.1, 0.15) is 6.92 Å². The summed E-state index contributed by atoms with van der Waals surface area (Å²) in [5, 5.41) is 0. The number of nitrogens with zero attached hydrogens (tertiary/aromatic N) is 10. The van der Waals surface area contributed by atoms with Gasteiger partial charge in [-0.3, -0.25) is 0 Å². The Bertz CT molecular complexity index is 1110. The van der Waals surface area contributed by atoms with Crippen molar-refractivity contribution in [1.82, 2.24) is 39.0 Å². The van der Waals surface area contributed by atoms with Gasteiger partial charge in [-0.25, -0.2) is 29.9 Å². The van der Waals surface area contributed by atoms with Crippen LogP contribution < -0.4 is 9.80 Å². The second-order valence-corrected chi connectivity index (χ2v) is 6.60. The number of aryl methyl sites for hydroxylation is 2. The quantitative estimate of drug-likeness (QED) is 0.528. The Balaban J connectivity index is 1.41. The van der Waals surface area contributed by atoms with Crippen LogP contribution in [0.4, 0.5) is 11.6 Å². The predicted molar refractivity (Wildman–Crippen MR) is 102 cm³/mol. The maximum absolute atomic E-state index is 4.53. The van der Waals surface area contributed by atoms with Gasteiger partial charge in [0.15, 0.2) is 34.0 Å². The smallest absolute Gasteiger partial charge is 0.165 e. The molecule has 0 atom stereocenters. The zero-order valence-corrected chi connectivity index (χ0v) is 15.3. The van der Waals surface area contributed by atoms with E-state index in [0.717, 1.165) is 66.7 Å². The fraction of sp³-hybridized carbons (Fsp3) is 0.412. The average Bonchev–Trinajstić information content (AvgIpc) is 3.31. The predicted octanol–water partition coefficient (Wildman–Crippen LogP) is 0.849. The van der Waals surface area contributed by atoms with Crippen LogP contribution in [-0.2, 0) is 13.6 Å². The molecule has 0 bridgehead atoms. The van der Waals surface area contributed by atoms with E-state index in [9.17, 15) is 0 Å². The van der Waals surface area contributed by atoms with Crippen LogP contribution in [0.15, 0.2) is 25.3 Å². The zero-order valence-electron chi connectivity index (χ0n) is 15.3. The summed E-state index contributed by atoms with van der Waals surface area (Å²) in [5.74, 6) is 1.79. The SMILES string of the molecule is CCn1cnc2c(N3CCN(c4ncnc5c4ncn5C)CC3)ncnc21. The van der Waals surface area contributed by atoms with Crippen molar-refractivity contribution in [2.45, 2.75) is 13.5 Å². The lowest BCUT2D eigenvalue weighted by Gasteiger charge is -2.35. The summed E-state index contributed by atoms with van der Waals surface area (Å²) in [6, 6.07) is 0. The van der Waals surface area contributed by atoms with Crippen molar-refractivity contribution in [2.75, 3.05) is 36.0 Å². The van der Waals surface area contributed by atoms with E-state index in [-0.39, 0.29) is 0 Å². The minimum atomic E-state index is 0.836. The van der Waals surface area contributed by atoms with Crippen LogP contribution in [0, 0.1) is 0 Å². The van der Waals surface area contributed by atoms with Crippen molar-refractivity contribution >= 4 is 34.0 Å². The third kappa shape index (κ3) is 2.47. The Kier molecular flexibility index (Phi) is 3.62. The highest BCUT2D eigenvalue weighted by molar-refractivity contribution is 5.85. The van der Waals surface area contributed by atoms with Gasteiger partial charge in [-0.05, 0) is 6.92 Å². The molecule has 4 aromatic rings. The topological polar surface area (TPSA) is 93.7 Å². The fourth-order valence-electron chi connectivity index (χ4n) is 3.63. The van der Waals surface area contributed by atoms with E-state index in [2.05, 4.69) is 46.6 Å². The van der Waals surface area contributed by atoms with E-state index in [1.807, 2.05) is 22.5 Å². The number of hydrogen-bond acceptors (Lipinski definition) is 8. The fourth-order valence-corrected chi connectivity index (χ4v) is 3.63. The summed E-state index contributed by atoms with van der Waals surface area (Å²) in [4.78, 5) is 31.2. The van der Waals surface area contributed by atoms with Gasteiger partial charge in [0, 0.05) is 39.8 Å². The first-order chi connectivity index (χ1) is 13.3. The highest BCUT2D eigenvalue weighted by Gasteiger charge is 2.24. The Labute approximate surface area is 155 Å². The first-order valence-corrected chi connectivity index (χ1v) is 9.04. The van der Waals surface area contributed by atoms with Crippen LogP contribution >= 0.6 is 0 Å². The molecule has 0 aliphatic carbocycles. The molecular weight excluding hydrogens is 344 g/mol. The summed E-state index contributed by atoms with van der Waals surface area (Å²) >= 11 is 0. The number of fused-ring (bicyclic) bond motifs is 2. The second-order valence-electron chi connectivity index (χ2n) is 6.60. The lowest BCUT2D eigenvalue weighted by atomic mass is 10.3. The summed E-state index contributed by atoms with van der Waals surface area (Å²) in [6.07, 6.45) is 6.84. The first-order valence-electron chi connectivity index (χ1n) is 9.04. The van der Waals surface area contributed by atoms with Gasteiger partial charge < -0.3 is 18.9 Å².